The quantitative estimate of drug-likeness (QED) is 0.654. The van der Waals surface area contributed by atoms with Gasteiger partial charge in [-0.05, 0) is 15.9 Å². The summed E-state index contributed by atoms with van der Waals surface area (Å²) in [5.74, 6) is -2.80. The van der Waals surface area contributed by atoms with Crippen LogP contribution in [0.3, 0.4) is 0 Å². The average molecular weight is 218 g/mol. The molecule has 4 nitrogen and oxygen atoms in total. The van der Waals surface area contributed by atoms with Gasteiger partial charge in [-0.3, -0.25) is 14.6 Å². The smallest absolute Gasteiger partial charge is 0.321 e. The van der Waals surface area contributed by atoms with Crippen LogP contribution in [0, 0.1) is 5.92 Å². The minimum atomic E-state index is -1.19. The second-order valence-corrected chi connectivity index (χ2v) is 2.75. The topological polar surface area (TPSA) is 66.7 Å². The second kappa shape index (κ2) is 2.96. The molecule has 1 aliphatic heterocycles. The lowest BCUT2D eigenvalue weighted by molar-refractivity contribution is -0.142. The van der Waals surface area contributed by atoms with Gasteiger partial charge in [-0.15, -0.1) is 0 Å². The van der Waals surface area contributed by atoms with E-state index >= 15 is 0 Å². The van der Waals surface area contributed by atoms with E-state index < -0.39 is 17.7 Å². The van der Waals surface area contributed by atoms with Crippen molar-refractivity contribution in [3.8, 4) is 0 Å². The van der Waals surface area contributed by atoms with Crippen LogP contribution >= 0.6 is 15.9 Å². The molecule has 1 rings (SSSR count). The SMILES string of the molecule is O=C(O)C1C(=O)C=CN=C1Br. The lowest BCUT2D eigenvalue weighted by Crippen LogP contribution is -2.29. The molecule has 0 radical (unpaired) electrons. The summed E-state index contributed by atoms with van der Waals surface area (Å²) in [5.41, 5.74) is 0. The third kappa shape index (κ3) is 1.54. The molecule has 0 saturated heterocycles. The van der Waals surface area contributed by atoms with Crippen molar-refractivity contribution in [2.45, 2.75) is 0 Å². The molecule has 0 aromatic heterocycles. The summed E-state index contributed by atoms with van der Waals surface area (Å²) in [4.78, 5) is 24.9. The number of hydrogen-bond acceptors (Lipinski definition) is 3. The molecule has 0 aliphatic carbocycles. The van der Waals surface area contributed by atoms with E-state index in [-0.39, 0.29) is 4.62 Å². The lowest BCUT2D eigenvalue weighted by Gasteiger charge is -2.08. The number of hydrogen-bond donors (Lipinski definition) is 1. The van der Waals surface area contributed by atoms with E-state index in [2.05, 4.69) is 20.9 Å². The molecule has 1 unspecified atom stereocenters. The summed E-state index contributed by atoms with van der Waals surface area (Å²) in [6.45, 7) is 0. The molecule has 1 aliphatic rings. The van der Waals surface area contributed by atoms with Gasteiger partial charge in [0.05, 0.1) is 0 Å². The fourth-order valence-corrected chi connectivity index (χ4v) is 1.23. The van der Waals surface area contributed by atoms with Crippen LogP contribution < -0.4 is 0 Å². The first-order valence-electron chi connectivity index (χ1n) is 2.79. The molecule has 0 aromatic rings. The Morgan fingerprint density at radius 3 is 2.73 bits per heavy atom. The first-order chi connectivity index (χ1) is 5.13. The standard InChI is InChI=1S/C6H4BrNO3/c7-5-4(6(10)11)3(9)1-2-8-5/h1-2,4H,(H,10,11). The number of carboxylic acid groups (broad SMARTS) is 1. The highest BCUT2D eigenvalue weighted by Crippen LogP contribution is 2.13. The summed E-state index contributed by atoms with van der Waals surface area (Å²) in [5, 5.41) is 8.51. The Balaban J connectivity index is 2.95. The maximum atomic E-state index is 10.9. The third-order valence-electron chi connectivity index (χ3n) is 1.21. The largest absolute Gasteiger partial charge is 0.480 e. The second-order valence-electron chi connectivity index (χ2n) is 1.94. The van der Waals surface area contributed by atoms with Crippen LogP contribution in [-0.4, -0.2) is 21.5 Å². The van der Waals surface area contributed by atoms with Gasteiger partial charge in [0, 0.05) is 12.3 Å². The Bertz CT molecular complexity index is 269. The van der Waals surface area contributed by atoms with E-state index in [1.54, 1.807) is 0 Å². The van der Waals surface area contributed by atoms with Crippen molar-refractivity contribution in [1.29, 1.82) is 0 Å². The van der Waals surface area contributed by atoms with Crippen LogP contribution in [0.5, 0.6) is 0 Å². The van der Waals surface area contributed by atoms with Gasteiger partial charge < -0.3 is 5.11 Å². The zero-order chi connectivity index (χ0) is 8.43. The predicted molar refractivity (Wildman–Crippen MR) is 41.6 cm³/mol. The first-order valence-corrected chi connectivity index (χ1v) is 3.58. The van der Waals surface area contributed by atoms with E-state index in [0.29, 0.717) is 0 Å². The monoisotopic (exact) mass is 217 g/mol. The Morgan fingerprint density at radius 2 is 2.36 bits per heavy atom. The van der Waals surface area contributed by atoms with Gasteiger partial charge in [0.25, 0.3) is 0 Å². The molecule has 0 amide bonds. The fraction of sp³-hybridized carbons (Fsp3) is 0.167. The number of carbonyl (C=O) groups is 2. The average Bonchev–Trinajstić information content (AvgIpc) is 1.85. The highest BCUT2D eigenvalue weighted by Gasteiger charge is 2.30. The third-order valence-corrected chi connectivity index (χ3v) is 1.87. The molecule has 0 aromatic carbocycles. The Morgan fingerprint density at radius 1 is 1.73 bits per heavy atom. The molecular weight excluding hydrogens is 214 g/mol. The Hall–Kier alpha value is -0.970. The van der Waals surface area contributed by atoms with Gasteiger partial charge in [-0.2, -0.15) is 0 Å². The van der Waals surface area contributed by atoms with Crippen LogP contribution in [0.4, 0.5) is 0 Å². The minimum Gasteiger partial charge on any atom is -0.480 e. The molecule has 58 valence electrons. The summed E-state index contributed by atoms with van der Waals surface area (Å²) >= 11 is 2.89. The van der Waals surface area contributed by atoms with E-state index in [9.17, 15) is 9.59 Å². The van der Waals surface area contributed by atoms with Gasteiger partial charge in [0.1, 0.15) is 4.62 Å². The number of carboxylic acids is 1. The fourth-order valence-electron chi connectivity index (χ4n) is 0.694. The molecule has 1 heterocycles. The van der Waals surface area contributed by atoms with Crippen molar-refractivity contribution < 1.29 is 14.7 Å². The van der Waals surface area contributed by atoms with Crippen molar-refractivity contribution >= 4 is 32.3 Å². The zero-order valence-electron chi connectivity index (χ0n) is 5.32. The zero-order valence-corrected chi connectivity index (χ0v) is 6.91. The molecule has 0 bridgehead atoms. The van der Waals surface area contributed by atoms with Crippen molar-refractivity contribution in [2.24, 2.45) is 10.9 Å². The van der Waals surface area contributed by atoms with E-state index in [1.807, 2.05) is 0 Å². The van der Waals surface area contributed by atoms with Crippen LogP contribution in [-0.2, 0) is 9.59 Å². The number of aliphatic carboxylic acids is 1. The van der Waals surface area contributed by atoms with Crippen LogP contribution in [0.1, 0.15) is 0 Å². The van der Waals surface area contributed by atoms with Crippen LogP contribution in [0.15, 0.2) is 17.3 Å². The highest BCUT2D eigenvalue weighted by atomic mass is 79.9. The molecule has 5 heteroatoms. The van der Waals surface area contributed by atoms with Gasteiger partial charge >= 0.3 is 5.97 Å². The summed E-state index contributed by atoms with van der Waals surface area (Å²) in [6, 6.07) is 0. The molecule has 0 spiro atoms. The van der Waals surface area contributed by atoms with E-state index in [1.165, 1.54) is 6.20 Å². The van der Waals surface area contributed by atoms with Gasteiger partial charge in [-0.1, -0.05) is 0 Å². The molecule has 0 fully saturated rings. The maximum absolute atomic E-state index is 10.9. The summed E-state index contributed by atoms with van der Waals surface area (Å²) in [7, 11) is 0. The molecule has 0 saturated carbocycles. The van der Waals surface area contributed by atoms with Crippen molar-refractivity contribution in [2.75, 3.05) is 0 Å². The minimum absolute atomic E-state index is 0.150. The summed E-state index contributed by atoms with van der Waals surface area (Å²) < 4.78 is 0.150. The number of ketones is 1. The van der Waals surface area contributed by atoms with Gasteiger partial charge in [-0.25, -0.2) is 0 Å². The molecular formula is C6H4BrNO3. The number of halogens is 1. The highest BCUT2D eigenvalue weighted by molar-refractivity contribution is 9.18. The van der Waals surface area contributed by atoms with Crippen molar-refractivity contribution in [3.05, 3.63) is 12.3 Å². The number of rotatable bonds is 1. The molecule has 11 heavy (non-hydrogen) atoms. The predicted octanol–water partition coefficient (Wildman–Crippen LogP) is 0.577. The first kappa shape index (κ1) is 8.13. The number of carbonyl (C=O) groups excluding carboxylic acids is 1. The van der Waals surface area contributed by atoms with Gasteiger partial charge in [0.2, 0.25) is 0 Å². The van der Waals surface area contributed by atoms with E-state index in [0.717, 1.165) is 6.08 Å². The van der Waals surface area contributed by atoms with Gasteiger partial charge in [0.15, 0.2) is 11.7 Å². The maximum Gasteiger partial charge on any atom is 0.321 e. The van der Waals surface area contributed by atoms with Crippen LogP contribution in [0.2, 0.25) is 0 Å². The number of allylic oxidation sites excluding steroid dienone is 1. The Labute approximate surface area is 70.7 Å². The summed E-state index contributed by atoms with van der Waals surface area (Å²) in [6.07, 6.45) is 2.41. The lowest BCUT2D eigenvalue weighted by atomic mass is 10.1. The van der Waals surface area contributed by atoms with Crippen LogP contribution in [0.25, 0.3) is 0 Å². The van der Waals surface area contributed by atoms with Crippen molar-refractivity contribution in [1.82, 2.24) is 0 Å². The van der Waals surface area contributed by atoms with E-state index in [4.69, 9.17) is 5.11 Å². The number of aliphatic imine (C=N–C) groups is 1. The Kier molecular flexibility index (Phi) is 2.19. The van der Waals surface area contributed by atoms with Crippen molar-refractivity contribution in [3.63, 3.8) is 0 Å². The normalized spacial score (nSPS) is 23.2. The number of nitrogens with zero attached hydrogens (tertiary/aromatic N) is 1. The molecule has 1 N–H and O–H groups in total. The molecule has 1 atom stereocenters.